The number of aliphatic hydroxyl groups excluding tert-OH is 5. The third-order valence-corrected chi connectivity index (χ3v) is 13.9. The van der Waals surface area contributed by atoms with E-state index in [9.17, 15) is 30.3 Å². The molecule has 0 saturated carbocycles. The summed E-state index contributed by atoms with van der Waals surface area (Å²) in [6.45, 7) is 3.80. The van der Waals surface area contributed by atoms with Crippen LogP contribution in [0.3, 0.4) is 0 Å². The van der Waals surface area contributed by atoms with E-state index in [0.29, 0.717) is 6.42 Å². The predicted octanol–water partition coefficient (Wildman–Crippen LogP) is 13.6. The van der Waals surface area contributed by atoms with Gasteiger partial charge in [-0.1, -0.05) is 270 Å². The number of hydrogen-bond donors (Lipinski definition) is 6. The molecule has 9 nitrogen and oxygen atoms in total. The van der Waals surface area contributed by atoms with Gasteiger partial charge in [0.1, 0.15) is 24.4 Å². The monoisotopic (exact) mass is 924 g/mol. The van der Waals surface area contributed by atoms with Crippen LogP contribution in [0.1, 0.15) is 284 Å². The van der Waals surface area contributed by atoms with Gasteiger partial charge in [0.15, 0.2) is 6.29 Å². The molecule has 1 aliphatic rings. The summed E-state index contributed by atoms with van der Waals surface area (Å²) in [6, 6.07) is -0.799. The largest absolute Gasteiger partial charge is 0.394 e. The van der Waals surface area contributed by atoms with E-state index in [-0.39, 0.29) is 12.5 Å². The molecule has 0 aliphatic carbocycles. The van der Waals surface area contributed by atoms with Crippen molar-refractivity contribution in [2.45, 2.75) is 326 Å². The highest BCUT2D eigenvalue weighted by Crippen LogP contribution is 2.23. The highest BCUT2D eigenvalue weighted by Gasteiger charge is 2.44. The molecular formula is C56H109NO8. The Bertz CT molecular complexity index is 1030. The molecule has 1 rings (SSSR count). The van der Waals surface area contributed by atoms with Gasteiger partial charge in [-0.05, 0) is 19.3 Å². The maximum Gasteiger partial charge on any atom is 0.220 e. The molecule has 1 fully saturated rings. The summed E-state index contributed by atoms with van der Waals surface area (Å²) in [5.74, 6) is -0.171. The number of nitrogens with one attached hydrogen (secondary N) is 1. The van der Waals surface area contributed by atoms with Gasteiger partial charge in [-0.15, -0.1) is 0 Å². The van der Waals surface area contributed by atoms with Crippen LogP contribution in [0.15, 0.2) is 12.2 Å². The average molecular weight is 924 g/mol. The molecule has 0 aromatic carbocycles. The Hall–Kier alpha value is -1.07. The lowest BCUT2D eigenvalue weighted by atomic mass is 9.99. The van der Waals surface area contributed by atoms with Gasteiger partial charge in [-0.3, -0.25) is 4.79 Å². The number of carbonyl (C=O) groups is 1. The maximum atomic E-state index is 13.0. The highest BCUT2D eigenvalue weighted by atomic mass is 16.7. The van der Waals surface area contributed by atoms with Crippen LogP contribution in [0.5, 0.6) is 0 Å². The molecule has 1 saturated heterocycles. The van der Waals surface area contributed by atoms with Crippen LogP contribution in [0.25, 0.3) is 0 Å². The molecule has 1 aliphatic heterocycles. The highest BCUT2D eigenvalue weighted by molar-refractivity contribution is 5.76. The Morgan fingerprint density at radius 3 is 1.20 bits per heavy atom. The van der Waals surface area contributed by atoms with Crippen LogP contribution < -0.4 is 5.32 Å². The molecule has 0 spiro atoms. The van der Waals surface area contributed by atoms with Crippen molar-refractivity contribution in [1.29, 1.82) is 0 Å². The Labute approximate surface area is 401 Å². The van der Waals surface area contributed by atoms with Crippen molar-refractivity contribution in [3.8, 4) is 0 Å². The second kappa shape index (κ2) is 46.6. The third kappa shape index (κ3) is 36.6. The fourth-order valence-electron chi connectivity index (χ4n) is 9.34. The van der Waals surface area contributed by atoms with E-state index < -0.39 is 49.5 Å². The zero-order valence-corrected chi connectivity index (χ0v) is 42.8. The molecule has 65 heavy (non-hydrogen) atoms. The van der Waals surface area contributed by atoms with E-state index in [0.717, 1.165) is 38.5 Å². The first kappa shape index (κ1) is 61.9. The Morgan fingerprint density at radius 1 is 0.508 bits per heavy atom. The first-order valence-electron chi connectivity index (χ1n) is 28.4. The lowest BCUT2D eigenvalue weighted by Crippen LogP contribution is -2.60. The van der Waals surface area contributed by atoms with Crippen molar-refractivity contribution >= 4 is 5.91 Å². The van der Waals surface area contributed by atoms with Gasteiger partial charge in [0.2, 0.25) is 5.91 Å². The second-order valence-corrected chi connectivity index (χ2v) is 20.1. The van der Waals surface area contributed by atoms with Crippen molar-refractivity contribution in [2.24, 2.45) is 0 Å². The zero-order valence-electron chi connectivity index (χ0n) is 42.8. The third-order valence-electron chi connectivity index (χ3n) is 13.9. The Balaban J connectivity index is 2.13. The minimum absolute atomic E-state index is 0.171. The standard InChI is InChI=1S/C56H109NO8/c1-3-5-7-9-11-13-15-17-18-19-20-21-22-23-24-25-26-27-28-29-30-31-32-34-36-38-40-42-44-46-52(60)57-49(48-64-56-55(63)54(62)53(61)51(47-58)65-56)50(59)45-43-41-39-37-35-33-16-14-12-10-8-6-4-2/h43,45,49-51,53-56,58-59,61-63H,3-42,44,46-48H2,1-2H3,(H,57,60)/b45-43+/t49-,50+,51+,53-,54?,55?,56+/m0/s1. The number of allylic oxidation sites excluding steroid dienone is 1. The van der Waals surface area contributed by atoms with Crippen LogP contribution in [0, 0.1) is 0 Å². The molecule has 0 radical (unpaired) electrons. The van der Waals surface area contributed by atoms with Crippen molar-refractivity contribution in [2.75, 3.05) is 13.2 Å². The van der Waals surface area contributed by atoms with Gasteiger partial charge in [0.05, 0.1) is 25.4 Å². The first-order chi connectivity index (χ1) is 31.8. The fourth-order valence-corrected chi connectivity index (χ4v) is 9.34. The number of carbonyl (C=O) groups excluding carboxylic acids is 1. The number of hydrogen-bond acceptors (Lipinski definition) is 8. The van der Waals surface area contributed by atoms with E-state index in [1.807, 2.05) is 6.08 Å². The molecule has 0 bridgehead atoms. The summed E-state index contributed by atoms with van der Waals surface area (Å²) in [6.07, 6.45) is 50.0. The van der Waals surface area contributed by atoms with Gasteiger partial charge >= 0.3 is 0 Å². The molecule has 1 amide bonds. The topological polar surface area (TPSA) is 149 Å². The fraction of sp³-hybridized carbons (Fsp3) is 0.946. The maximum absolute atomic E-state index is 13.0. The van der Waals surface area contributed by atoms with E-state index in [2.05, 4.69) is 19.2 Å². The smallest absolute Gasteiger partial charge is 0.220 e. The van der Waals surface area contributed by atoms with Crippen LogP contribution in [0.4, 0.5) is 0 Å². The van der Waals surface area contributed by atoms with Crippen molar-refractivity contribution < 1.29 is 39.8 Å². The SMILES string of the molecule is CCCCCCCCCCCCC/C=C/[C@@H](O)[C@H](CO[C@@H]1O[C@H](CO)[C@H](O)C(O)C1O)NC(=O)CCCCCCCCCCCCCCCCCCCCCCCCCCCCCCC. The van der Waals surface area contributed by atoms with Gasteiger partial charge in [-0.2, -0.15) is 0 Å². The van der Waals surface area contributed by atoms with Crippen molar-refractivity contribution in [1.82, 2.24) is 5.32 Å². The molecule has 6 N–H and O–H groups in total. The van der Waals surface area contributed by atoms with Gasteiger partial charge in [-0.25, -0.2) is 0 Å². The lowest BCUT2D eigenvalue weighted by Gasteiger charge is -2.40. The van der Waals surface area contributed by atoms with E-state index in [1.54, 1.807) is 6.08 Å². The number of unbranched alkanes of at least 4 members (excludes halogenated alkanes) is 39. The van der Waals surface area contributed by atoms with E-state index in [4.69, 9.17) is 9.47 Å². The molecule has 9 heteroatoms. The number of amides is 1. The quantitative estimate of drug-likeness (QED) is 0.0261. The minimum atomic E-state index is -1.56. The van der Waals surface area contributed by atoms with Crippen LogP contribution in [-0.4, -0.2) is 87.5 Å². The van der Waals surface area contributed by atoms with Crippen LogP contribution in [-0.2, 0) is 14.3 Å². The number of rotatable bonds is 49. The Morgan fingerprint density at radius 2 is 0.846 bits per heavy atom. The summed E-state index contributed by atoms with van der Waals surface area (Å²) in [5.41, 5.74) is 0. The van der Waals surface area contributed by atoms with Crippen molar-refractivity contribution in [3.05, 3.63) is 12.2 Å². The summed E-state index contributed by atoms with van der Waals surface area (Å²) >= 11 is 0. The van der Waals surface area contributed by atoms with Gasteiger partial charge < -0.3 is 40.3 Å². The normalized spacial score (nSPS) is 19.9. The molecular weight excluding hydrogens is 815 g/mol. The van der Waals surface area contributed by atoms with Gasteiger partial charge in [0.25, 0.3) is 0 Å². The molecule has 0 aromatic heterocycles. The van der Waals surface area contributed by atoms with Crippen LogP contribution >= 0.6 is 0 Å². The summed E-state index contributed by atoms with van der Waals surface area (Å²) < 4.78 is 11.2. The summed E-state index contributed by atoms with van der Waals surface area (Å²) in [5, 5.41) is 54.4. The predicted molar refractivity (Wildman–Crippen MR) is 272 cm³/mol. The first-order valence-corrected chi connectivity index (χ1v) is 28.4. The number of ether oxygens (including phenoxy) is 2. The number of aliphatic hydroxyl groups is 5. The van der Waals surface area contributed by atoms with Crippen LogP contribution in [0.2, 0.25) is 0 Å². The summed E-state index contributed by atoms with van der Waals surface area (Å²) in [7, 11) is 0. The summed E-state index contributed by atoms with van der Waals surface area (Å²) in [4.78, 5) is 13.0. The molecule has 2 unspecified atom stereocenters. The van der Waals surface area contributed by atoms with Gasteiger partial charge in [0, 0.05) is 6.42 Å². The molecule has 386 valence electrons. The lowest BCUT2D eigenvalue weighted by molar-refractivity contribution is -0.302. The van der Waals surface area contributed by atoms with E-state index >= 15 is 0 Å². The second-order valence-electron chi connectivity index (χ2n) is 20.1. The molecule has 7 atom stereocenters. The molecule has 0 aromatic rings. The Kier molecular flexibility index (Phi) is 44.5. The minimum Gasteiger partial charge on any atom is -0.394 e. The average Bonchev–Trinajstić information content (AvgIpc) is 3.31. The molecule has 1 heterocycles. The van der Waals surface area contributed by atoms with E-state index in [1.165, 1.54) is 225 Å². The van der Waals surface area contributed by atoms with Crippen molar-refractivity contribution in [3.63, 3.8) is 0 Å². The zero-order chi connectivity index (χ0) is 47.3.